The molecule has 0 spiro atoms. The number of carbonyl (C=O) groups is 1. The second-order valence-electron chi connectivity index (χ2n) is 7.54. The summed E-state index contributed by atoms with van der Waals surface area (Å²) < 4.78 is 48.3. The minimum atomic E-state index is -1.54. The molecule has 2 amide bonds. The monoisotopic (exact) mass is 444 g/mol. The van der Waals surface area contributed by atoms with Crippen LogP contribution in [-0.4, -0.2) is 104 Å². The van der Waals surface area contributed by atoms with E-state index in [-0.39, 0.29) is 30.8 Å². The van der Waals surface area contributed by atoms with Gasteiger partial charge in [0.1, 0.15) is 0 Å². The van der Waals surface area contributed by atoms with Gasteiger partial charge in [-0.25, -0.2) is 14.2 Å². The van der Waals surface area contributed by atoms with Crippen molar-refractivity contribution in [3.8, 4) is 0 Å². The van der Waals surface area contributed by atoms with E-state index in [1.165, 1.54) is 0 Å². The van der Waals surface area contributed by atoms with Gasteiger partial charge in [0.2, 0.25) is 17.5 Å². The molecular weight excluding hydrogens is 413 g/mol. The molecule has 1 aromatic heterocycles. The topological polar surface area (TPSA) is 64.2 Å². The fourth-order valence-corrected chi connectivity index (χ4v) is 3.79. The van der Waals surface area contributed by atoms with Crippen LogP contribution in [0, 0.1) is 17.5 Å². The van der Waals surface area contributed by atoms with E-state index in [1.807, 2.05) is 13.8 Å². The lowest BCUT2D eigenvalue weighted by molar-refractivity contribution is 0.0398. The lowest BCUT2D eigenvalue weighted by Crippen LogP contribution is -2.53. The number of urea groups is 1. The predicted molar refractivity (Wildman–Crippen MR) is 112 cm³/mol. The van der Waals surface area contributed by atoms with Crippen LogP contribution >= 0.6 is 0 Å². The summed E-state index contributed by atoms with van der Waals surface area (Å²) in [6, 6.07) is -0.0752. The first-order valence-electron chi connectivity index (χ1n) is 10.8. The van der Waals surface area contributed by atoms with E-state index < -0.39 is 17.5 Å². The van der Waals surface area contributed by atoms with Gasteiger partial charge in [0.15, 0.2) is 11.6 Å². The molecule has 0 unspecified atom stereocenters. The van der Waals surface area contributed by atoms with Crippen molar-refractivity contribution in [2.24, 2.45) is 0 Å². The van der Waals surface area contributed by atoms with Crippen molar-refractivity contribution >= 4 is 17.7 Å². The molecule has 2 aliphatic heterocycles. The van der Waals surface area contributed by atoms with Crippen molar-refractivity contribution in [2.45, 2.75) is 13.8 Å². The Morgan fingerprint density at radius 1 is 1.00 bits per heavy atom. The summed E-state index contributed by atoms with van der Waals surface area (Å²) in [6.45, 7) is 10.1. The van der Waals surface area contributed by atoms with Crippen LogP contribution in [0.15, 0.2) is 0 Å². The van der Waals surface area contributed by atoms with Gasteiger partial charge < -0.3 is 24.8 Å². The second-order valence-corrected chi connectivity index (χ2v) is 7.54. The number of ether oxygens (including phenoxy) is 1. The fraction of sp³-hybridized carbons (Fsp3) is 0.700. The molecule has 3 rings (SSSR count). The molecule has 2 fully saturated rings. The minimum absolute atomic E-state index is 0.0752. The summed E-state index contributed by atoms with van der Waals surface area (Å²) in [5.74, 6) is -4.70. The highest BCUT2D eigenvalue weighted by Crippen LogP contribution is 2.27. The highest BCUT2D eigenvalue weighted by molar-refractivity contribution is 5.74. The maximum atomic E-state index is 14.5. The summed E-state index contributed by atoms with van der Waals surface area (Å²) in [6.07, 6.45) is 0. The Morgan fingerprint density at radius 2 is 1.65 bits per heavy atom. The number of halogens is 3. The molecular formula is C20H31F3N6O2. The van der Waals surface area contributed by atoms with Crippen LogP contribution in [0.1, 0.15) is 13.8 Å². The number of rotatable bonds is 7. The standard InChI is InChI=1S/C20H31F3N6O2/c1-3-27(4-2)20(30)29-9-7-28(8-10-29)19-17(23)15(21)16(22)18(25-19)24-5-6-26-11-13-31-14-12-26/h3-14H2,1-2H3,(H,24,25). The van der Waals surface area contributed by atoms with Crippen LogP contribution in [0.5, 0.6) is 0 Å². The van der Waals surface area contributed by atoms with E-state index in [2.05, 4.69) is 15.2 Å². The number of carbonyl (C=O) groups excluding carboxylic acids is 1. The highest BCUT2D eigenvalue weighted by atomic mass is 19.2. The van der Waals surface area contributed by atoms with Gasteiger partial charge in [0.05, 0.1) is 13.2 Å². The summed E-state index contributed by atoms with van der Waals surface area (Å²) in [5.41, 5.74) is 0. The van der Waals surface area contributed by atoms with Crippen molar-refractivity contribution < 1.29 is 22.7 Å². The Hall–Kier alpha value is -2.27. The first-order valence-corrected chi connectivity index (χ1v) is 10.8. The van der Waals surface area contributed by atoms with Crippen molar-refractivity contribution in [1.29, 1.82) is 0 Å². The maximum absolute atomic E-state index is 14.5. The molecule has 0 aliphatic carbocycles. The number of amides is 2. The second kappa shape index (κ2) is 10.9. The molecule has 2 aliphatic rings. The van der Waals surface area contributed by atoms with Crippen molar-refractivity contribution in [3.05, 3.63) is 17.5 Å². The third kappa shape index (κ3) is 5.51. The van der Waals surface area contributed by atoms with Crippen molar-refractivity contribution in [3.63, 3.8) is 0 Å². The van der Waals surface area contributed by atoms with Gasteiger partial charge in [-0.15, -0.1) is 0 Å². The molecule has 8 nitrogen and oxygen atoms in total. The maximum Gasteiger partial charge on any atom is 0.320 e. The largest absolute Gasteiger partial charge is 0.379 e. The molecule has 3 heterocycles. The number of morpholine rings is 1. The van der Waals surface area contributed by atoms with Gasteiger partial charge in [0.25, 0.3) is 0 Å². The fourth-order valence-electron chi connectivity index (χ4n) is 3.79. The summed E-state index contributed by atoms with van der Waals surface area (Å²) in [4.78, 5) is 23.6. The molecule has 1 aromatic rings. The van der Waals surface area contributed by atoms with Crippen molar-refractivity contribution in [1.82, 2.24) is 19.7 Å². The Morgan fingerprint density at radius 3 is 2.26 bits per heavy atom. The van der Waals surface area contributed by atoms with E-state index in [0.717, 1.165) is 13.1 Å². The first kappa shape index (κ1) is 23.4. The zero-order valence-electron chi connectivity index (χ0n) is 18.2. The zero-order valence-corrected chi connectivity index (χ0v) is 18.2. The van der Waals surface area contributed by atoms with Gasteiger partial charge in [-0.3, -0.25) is 4.90 Å². The predicted octanol–water partition coefficient (Wildman–Crippen LogP) is 1.83. The Kier molecular flexibility index (Phi) is 8.19. The molecule has 174 valence electrons. The van der Waals surface area contributed by atoms with Crippen molar-refractivity contribution in [2.75, 3.05) is 88.9 Å². The van der Waals surface area contributed by atoms with Crippen LogP contribution < -0.4 is 10.2 Å². The van der Waals surface area contributed by atoms with Gasteiger partial charge in [0, 0.05) is 65.4 Å². The Balaban J connectivity index is 1.64. The molecule has 31 heavy (non-hydrogen) atoms. The number of anilines is 2. The van der Waals surface area contributed by atoms with Gasteiger partial charge >= 0.3 is 6.03 Å². The summed E-state index contributed by atoms with van der Waals surface area (Å²) >= 11 is 0. The van der Waals surface area contributed by atoms with E-state index in [1.54, 1.807) is 14.7 Å². The molecule has 0 radical (unpaired) electrons. The molecule has 11 heteroatoms. The van der Waals surface area contributed by atoms with E-state index in [9.17, 15) is 18.0 Å². The van der Waals surface area contributed by atoms with Crippen LogP contribution in [-0.2, 0) is 4.74 Å². The molecule has 1 N–H and O–H groups in total. The zero-order chi connectivity index (χ0) is 22.4. The molecule has 0 aromatic carbocycles. The normalized spacial score (nSPS) is 17.7. The lowest BCUT2D eigenvalue weighted by Gasteiger charge is -2.37. The van der Waals surface area contributed by atoms with E-state index in [0.29, 0.717) is 52.5 Å². The molecule has 0 saturated carbocycles. The molecule has 2 saturated heterocycles. The number of nitrogens with zero attached hydrogens (tertiary/aromatic N) is 5. The van der Waals surface area contributed by atoms with Crippen LogP contribution in [0.2, 0.25) is 0 Å². The number of piperazine rings is 1. The lowest BCUT2D eigenvalue weighted by atomic mass is 10.3. The van der Waals surface area contributed by atoms with Gasteiger partial charge in [-0.2, -0.15) is 8.78 Å². The average Bonchev–Trinajstić information content (AvgIpc) is 2.80. The quantitative estimate of drug-likeness (QED) is 0.693. The molecule has 0 atom stereocenters. The van der Waals surface area contributed by atoms with Crippen LogP contribution in [0.3, 0.4) is 0 Å². The Bertz CT molecular complexity index is 751. The number of aromatic nitrogens is 1. The van der Waals surface area contributed by atoms with Crippen LogP contribution in [0.25, 0.3) is 0 Å². The van der Waals surface area contributed by atoms with Crippen LogP contribution in [0.4, 0.5) is 29.6 Å². The summed E-state index contributed by atoms with van der Waals surface area (Å²) in [7, 11) is 0. The minimum Gasteiger partial charge on any atom is -0.379 e. The van der Waals surface area contributed by atoms with E-state index >= 15 is 0 Å². The smallest absolute Gasteiger partial charge is 0.320 e. The highest BCUT2D eigenvalue weighted by Gasteiger charge is 2.29. The van der Waals surface area contributed by atoms with Gasteiger partial charge in [-0.05, 0) is 13.8 Å². The van der Waals surface area contributed by atoms with E-state index in [4.69, 9.17) is 4.74 Å². The average molecular weight is 445 g/mol. The molecule has 0 bridgehead atoms. The first-order chi connectivity index (χ1) is 15.0. The number of pyridine rings is 1. The van der Waals surface area contributed by atoms with Gasteiger partial charge in [-0.1, -0.05) is 0 Å². The number of hydrogen-bond acceptors (Lipinski definition) is 6. The summed E-state index contributed by atoms with van der Waals surface area (Å²) in [5, 5.41) is 2.79. The number of nitrogens with one attached hydrogen (secondary N) is 1. The number of hydrogen-bond donors (Lipinski definition) is 1. The SMILES string of the molecule is CCN(CC)C(=O)N1CCN(c2nc(NCCN3CCOCC3)c(F)c(F)c2F)CC1. The Labute approximate surface area is 180 Å². The third-order valence-electron chi connectivity index (χ3n) is 5.72. The third-order valence-corrected chi connectivity index (χ3v) is 5.72.